The average molecular weight is 414 g/mol. The highest BCUT2D eigenvalue weighted by molar-refractivity contribution is 6.07. The molecule has 0 radical (unpaired) electrons. The fourth-order valence-corrected chi connectivity index (χ4v) is 3.86. The number of rotatable bonds is 6. The van der Waals surface area contributed by atoms with E-state index in [1.165, 1.54) is 12.0 Å². The van der Waals surface area contributed by atoms with Crippen molar-refractivity contribution in [1.82, 2.24) is 10.2 Å². The summed E-state index contributed by atoms with van der Waals surface area (Å²) in [5.41, 5.74) is 1.65. The molecule has 0 saturated carbocycles. The Labute approximate surface area is 180 Å². The molecule has 0 unspecified atom stereocenters. The molecule has 1 heterocycles. The fourth-order valence-electron chi connectivity index (χ4n) is 3.86. The van der Waals surface area contributed by atoms with Crippen LogP contribution in [-0.4, -0.2) is 29.9 Å². The Morgan fingerprint density at radius 1 is 0.871 bits per heavy atom. The minimum atomic E-state index is -1.17. The Morgan fingerprint density at radius 2 is 1.48 bits per heavy atom. The molecule has 0 aromatic heterocycles. The number of hydrogen-bond acceptors (Lipinski definition) is 4. The van der Waals surface area contributed by atoms with E-state index in [0.29, 0.717) is 12.0 Å². The standard InChI is InChI=1S/C25H22N2O4/c1-31-22(28)20-14-12-19(13-15-20)17-27-23(29)25(26-24(27)30,21-10-6-3-7-11-21)16-18-8-4-2-5-9-18/h2-15H,16-17H2,1H3,(H,26,30)/t25-/m1/s1. The van der Waals surface area contributed by atoms with Gasteiger partial charge in [-0.1, -0.05) is 72.8 Å². The third-order valence-corrected chi connectivity index (χ3v) is 5.47. The van der Waals surface area contributed by atoms with Crippen molar-refractivity contribution in [3.05, 3.63) is 107 Å². The lowest BCUT2D eigenvalue weighted by atomic mass is 9.83. The first-order valence-electron chi connectivity index (χ1n) is 9.94. The highest BCUT2D eigenvalue weighted by Crippen LogP contribution is 2.33. The number of hydrogen-bond donors (Lipinski definition) is 1. The molecule has 1 aliphatic heterocycles. The monoisotopic (exact) mass is 414 g/mol. The Morgan fingerprint density at radius 3 is 2.10 bits per heavy atom. The predicted molar refractivity (Wildman–Crippen MR) is 115 cm³/mol. The predicted octanol–water partition coefficient (Wildman–Crippen LogP) is 3.66. The van der Waals surface area contributed by atoms with Crippen LogP contribution in [0.2, 0.25) is 0 Å². The van der Waals surface area contributed by atoms with Gasteiger partial charge in [-0.3, -0.25) is 9.69 Å². The van der Waals surface area contributed by atoms with Crippen molar-refractivity contribution in [3.8, 4) is 0 Å². The largest absolute Gasteiger partial charge is 0.465 e. The van der Waals surface area contributed by atoms with E-state index in [-0.39, 0.29) is 12.5 Å². The van der Waals surface area contributed by atoms with Gasteiger partial charge in [0.15, 0.2) is 5.54 Å². The number of benzene rings is 3. The summed E-state index contributed by atoms with van der Waals surface area (Å²) in [6.07, 6.45) is 0.347. The molecule has 31 heavy (non-hydrogen) atoms. The first-order valence-corrected chi connectivity index (χ1v) is 9.94. The summed E-state index contributed by atoms with van der Waals surface area (Å²) in [4.78, 5) is 39.4. The number of urea groups is 1. The summed E-state index contributed by atoms with van der Waals surface area (Å²) in [6, 6.07) is 25.2. The van der Waals surface area contributed by atoms with Gasteiger partial charge in [-0.2, -0.15) is 0 Å². The molecule has 4 rings (SSSR count). The maximum atomic E-state index is 13.6. The van der Waals surface area contributed by atoms with Crippen LogP contribution < -0.4 is 5.32 Å². The Bertz CT molecular complexity index is 1100. The van der Waals surface area contributed by atoms with E-state index in [1.54, 1.807) is 24.3 Å². The normalized spacial score (nSPS) is 18.0. The van der Waals surface area contributed by atoms with Crippen LogP contribution in [0.4, 0.5) is 4.79 Å². The van der Waals surface area contributed by atoms with Crippen molar-refractivity contribution in [2.45, 2.75) is 18.5 Å². The molecule has 6 heteroatoms. The van der Waals surface area contributed by atoms with Gasteiger partial charge in [-0.15, -0.1) is 0 Å². The lowest BCUT2D eigenvalue weighted by Crippen LogP contribution is -2.46. The summed E-state index contributed by atoms with van der Waals surface area (Å²) in [6.45, 7) is 0.107. The average Bonchev–Trinajstić information content (AvgIpc) is 3.05. The SMILES string of the molecule is COC(=O)c1ccc(CN2C(=O)N[C@](Cc3ccccc3)(c3ccccc3)C2=O)cc1. The molecule has 1 saturated heterocycles. The molecule has 0 aliphatic carbocycles. The third kappa shape index (κ3) is 3.92. The maximum Gasteiger partial charge on any atom is 0.337 e. The summed E-state index contributed by atoms with van der Waals surface area (Å²) in [5, 5.41) is 2.95. The molecule has 6 nitrogen and oxygen atoms in total. The van der Waals surface area contributed by atoms with Crippen molar-refractivity contribution < 1.29 is 19.1 Å². The van der Waals surface area contributed by atoms with Crippen LogP contribution in [0.15, 0.2) is 84.9 Å². The van der Waals surface area contributed by atoms with Gasteiger partial charge < -0.3 is 10.1 Å². The first-order chi connectivity index (χ1) is 15.0. The second-order valence-electron chi connectivity index (χ2n) is 7.44. The van der Waals surface area contributed by atoms with E-state index >= 15 is 0 Å². The highest BCUT2D eigenvalue weighted by Gasteiger charge is 2.52. The number of nitrogens with zero attached hydrogens (tertiary/aromatic N) is 1. The van der Waals surface area contributed by atoms with Crippen LogP contribution in [0.3, 0.4) is 0 Å². The van der Waals surface area contributed by atoms with Crippen LogP contribution in [0.25, 0.3) is 0 Å². The molecule has 1 atom stereocenters. The van der Waals surface area contributed by atoms with Crippen molar-refractivity contribution in [1.29, 1.82) is 0 Å². The minimum absolute atomic E-state index is 0.107. The van der Waals surface area contributed by atoms with Gasteiger partial charge in [0.2, 0.25) is 0 Å². The lowest BCUT2D eigenvalue weighted by Gasteiger charge is -2.27. The van der Waals surface area contributed by atoms with Crippen LogP contribution in [0.5, 0.6) is 0 Å². The van der Waals surface area contributed by atoms with Gasteiger partial charge in [0.25, 0.3) is 5.91 Å². The molecule has 156 valence electrons. The summed E-state index contributed by atoms with van der Waals surface area (Å²) < 4.78 is 4.71. The van der Waals surface area contributed by atoms with Crippen molar-refractivity contribution in [2.24, 2.45) is 0 Å². The second kappa shape index (κ2) is 8.44. The van der Waals surface area contributed by atoms with Crippen molar-refractivity contribution in [2.75, 3.05) is 7.11 Å². The van der Waals surface area contributed by atoms with Gasteiger partial charge >= 0.3 is 12.0 Å². The van der Waals surface area contributed by atoms with Crippen molar-refractivity contribution in [3.63, 3.8) is 0 Å². The van der Waals surface area contributed by atoms with Gasteiger partial charge in [-0.25, -0.2) is 9.59 Å². The van der Waals surface area contributed by atoms with Gasteiger partial charge in [0, 0.05) is 6.42 Å². The summed E-state index contributed by atoms with van der Waals surface area (Å²) >= 11 is 0. The van der Waals surface area contributed by atoms with Gasteiger partial charge in [0.1, 0.15) is 0 Å². The van der Waals surface area contributed by atoms with E-state index in [4.69, 9.17) is 4.74 Å². The molecule has 1 aliphatic rings. The molecule has 3 aromatic rings. The Kier molecular flexibility index (Phi) is 5.54. The minimum Gasteiger partial charge on any atom is -0.465 e. The highest BCUT2D eigenvalue weighted by atomic mass is 16.5. The molecule has 0 spiro atoms. The Hall–Kier alpha value is -3.93. The van der Waals surface area contributed by atoms with E-state index in [2.05, 4.69) is 5.32 Å². The van der Waals surface area contributed by atoms with Crippen LogP contribution in [0, 0.1) is 0 Å². The fraction of sp³-hybridized carbons (Fsp3) is 0.160. The van der Waals surface area contributed by atoms with E-state index < -0.39 is 17.5 Å². The number of methoxy groups -OCH3 is 1. The zero-order chi connectivity index (χ0) is 21.8. The maximum absolute atomic E-state index is 13.6. The van der Waals surface area contributed by atoms with E-state index in [0.717, 1.165) is 16.7 Å². The quantitative estimate of drug-likeness (QED) is 0.493. The summed E-state index contributed by atoms with van der Waals surface area (Å²) in [7, 11) is 1.32. The molecule has 1 fully saturated rings. The third-order valence-electron chi connectivity index (χ3n) is 5.47. The smallest absolute Gasteiger partial charge is 0.337 e. The number of esters is 1. The number of ether oxygens (including phenoxy) is 1. The summed E-state index contributed by atoms with van der Waals surface area (Å²) in [5.74, 6) is -0.739. The zero-order valence-electron chi connectivity index (χ0n) is 17.1. The molecular formula is C25H22N2O4. The van der Waals surface area contributed by atoms with Gasteiger partial charge in [-0.05, 0) is 28.8 Å². The lowest BCUT2D eigenvalue weighted by molar-refractivity contribution is -0.132. The molecule has 1 N–H and O–H groups in total. The first kappa shape index (κ1) is 20.3. The van der Waals surface area contributed by atoms with Crippen LogP contribution in [-0.2, 0) is 28.0 Å². The van der Waals surface area contributed by atoms with Gasteiger partial charge in [0.05, 0.1) is 19.2 Å². The Balaban J connectivity index is 1.65. The van der Waals surface area contributed by atoms with E-state index in [1.807, 2.05) is 60.7 Å². The number of nitrogens with one attached hydrogen (secondary N) is 1. The van der Waals surface area contributed by atoms with Crippen LogP contribution in [0.1, 0.15) is 27.0 Å². The second-order valence-corrected chi connectivity index (χ2v) is 7.44. The topological polar surface area (TPSA) is 75.7 Å². The van der Waals surface area contributed by atoms with Crippen LogP contribution >= 0.6 is 0 Å². The number of carbonyl (C=O) groups excluding carboxylic acids is 3. The number of carbonyl (C=O) groups is 3. The number of amides is 3. The molecule has 0 bridgehead atoms. The number of imide groups is 1. The van der Waals surface area contributed by atoms with E-state index in [9.17, 15) is 14.4 Å². The zero-order valence-corrected chi connectivity index (χ0v) is 17.1. The van der Waals surface area contributed by atoms with Crippen molar-refractivity contribution >= 4 is 17.9 Å². The molecule has 3 amide bonds. The molecule has 3 aromatic carbocycles. The molecular weight excluding hydrogens is 392 g/mol.